The van der Waals surface area contributed by atoms with Crippen molar-refractivity contribution >= 4 is 12.2 Å². The Hall–Kier alpha value is -1.55. The van der Waals surface area contributed by atoms with Gasteiger partial charge in [-0.2, -0.15) is 0 Å². The second kappa shape index (κ2) is 4.04. The number of aromatic nitrogens is 2. The topological polar surface area (TPSA) is 41.0 Å². The van der Waals surface area contributed by atoms with E-state index in [2.05, 4.69) is 9.55 Å². The molecule has 0 saturated carbocycles. The lowest BCUT2D eigenvalue weighted by Gasteiger charge is -2.26. The van der Waals surface area contributed by atoms with E-state index >= 15 is 0 Å². The van der Waals surface area contributed by atoms with Crippen LogP contribution in [0.4, 0.5) is 0 Å². The maximum Gasteiger partial charge on any atom is 0.177 e. The van der Waals surface area contributed by atoms with E-state index < -0.39 is 0 Å². The molecule has 1 aliphatic carbocycles. The Kier molecular flexibility index (Phi) is 2.52. The van der Waals surface area contributed by atoms with Crippen molar-refractivity contribution in [1.29, 1.82) is 0 Å². The van der Waals surface area contributed by atoms with Crippen LogP contribution in [0, 0.1) is 4.77 Å². The Labute approximate surface area is 105 Å². The Morgan fingerprint density at radius 2 is 2.29 bits per heavy atom. The first-order chi connectivity index (χ1) is 8.25. The summed E-state index contributed by atoms with van der Waals surface area (Å²) in [6.07, 6.45) is 7.14. The second-order valence-electron chi connectivity index (χ2n) is 4.46. The Morgan fingerprint density at radius 1 is 1.41 bits per heavy atom. The normalized spacial score (nSPS) is 18.9. The number of aromatic hydroxyl groups is 1. The van der Waals surface area contributed by atoms with E-state index in [0.29, 0.717) is 11.8 Å². The van der Waals surface area contributed by atoms with Crippen LogP contribution in [0.1, 0.15) is 30.0 Å². The van der Waals surface area contributed by atoms with E-state index in [4.69, 9.17) is 12.2 Å². The van der Waals surface area contributed by atoms with Crippen molar-refractivity contribution in [2.45, 2.75) is 25.3 Å². The van der Waals surface area contributed by atoms with Gasteiger partial charge in [-0.1, -0.05) is 6.07 Å². The van der Waals surface area contributed by atoms with Crippen molar-refractivity contribution in [1.82, 2.24) is 9.55 Å². The molecule has 3 nitrogen and oxygen atoms in total. The van der Waals surface area contributed by atoms with Crippen LogP contribution in [0.2, 0.25) is 0 Å². The number of nitrogens with zero attached hydrogens (tertiary/aromatic N) is 1. The minimum Gasteiger partial charge on any atom is -0.508 e. The molecule has 1 aromatic heterocycles. The molecule has 0 radical (unpaired) electrons. The monoisotopic (exact) mass is 246 g/mol. The van der Waals surface area contributed by atoms with E-state index in [1.807, 2.05) is 24.5 Å². The predicted molar refractivity (Wildman–Crippen MR) is 68.8 cm³/mol. The fourth-order valence-electron chi connectivity index (χ4n) is 2.64. The van der Waals surface area contributed by atoms with E-state index in [9.17, 15) is 5.11 Å². The summed E-state index contributed by atoms with van der Waals surface area (Å²) in [5.74, 6) is 0.349. The zero-order chi connectivity index (χ0) is 11.8. The van der Waals surface area contributed by atoms with E-state index in [1.165, 1.54) is 11.1 Å². The fourth-order valence-corrected chi connectivity index (χ4v) is 2.90. The van der Waals surface area contributed by atoms with Gasteiger partial charge in [0, 0.05) is 12.4 Å². The molecule has 0 bridgehead atoms. The number of nitrogens with one attached hydrogen (secondary N) is 1. The molecule has 0 saturated heterocycles. The van der Waals surface area contributed by atoms with Gasteiger partial charge in [0.15, 0.2) is 4.77 Å². The van der Waals surface area contributed by atoms with Crippen LogP contribution < -0.4 is 0 Å². The lowest BCUT2D eigenvalue weighted by atomic mass is 9.87. The maximum absolute atomic E-state index is 9.53. The third-order valence-electron chi connectivity index (χ3n) is 3.42. The number of benzene rings is 1. The molecule has 0 aliphatic heterocycles. The van der Waals surface area contributed by atoms with Crippen LogP contribution in [0.15, 0.2) is 30.6 Å². The van der Waals surface area contributed by atoms with Gasteiger partial charge < -0.3 is 14.7 Å². The van der Waals surface area contributed by atoms with E-state index in [1.54, 1.807) is 6.07 Å². The van der Waals surface area contributed by atoms with Crippen LogP contribution in [0.25, 0.3) is 0 Å². The number of aromatic amines is 1. The third-order valence-corrected chi connectivity index (χ3v) is 3.75. The minimum atomic E-state index is 0.304. The number of phenols is 1. The van der Waals surface area contributed by atoms with Crippen molar-refractivity contribution in [2.75, 3.05) is 0 Å². The van der Waals surface area contributed by atoms with Crippen LogP contribution in [0.5, 0.6) is 5.75 Å². The number of rotatable bonds is 1. The summed E-state index contributed by atoms with van der Waals surface area (Å²) < 4.78 is 2.86. The fraction of sp³-hybridized carbons (Fsp3) is 0.308. The van der Waals surface area contributed by atoms with Crippen LogP contribution >= 0.6 is 12.2 Å². The minimum absolute atomic E-state index is 0.304. The SMILES string of the molecule is Oc1ccc2c(c1)CCCC2n1cc[nH]c1=S. The number of hydrogen-bond donors (Lipinski definition) is 2. The summed E-state index contributed by atoms with van der Waals surface area (Å²) in [7, 11) is 0. The summed E-state index contributed by atoms with van der Waals surface area (Å²) in [6, 6.07) is 5.95. The summed E-state index contributed by atoms with van der Waals surface area (Å²) in [4.78, 5) is 3.04. The van der Waals surface area contributed by atoms with Crippen molar-refractivity contribution < 1.29 is 5.11 Å². The Bertz CT molecular complexity index is 599. The summed E-state index contributed by atoms with van der Waals surface area (Å²) in [6.45, 7) is 0. The number of aryl methyl sites for hydroxylation is 1. The van der Waals surface area contributed by atoms with Gasteiger partial charge in [-0.15, -0.1) is 0 Å². The standard InChI is InChI=1S/C13H14N2OS/c16-10-4-5-11-9(8-10)2-1-3-12(11)15-7-6-14-13(15)17/h4-8,12,16H,1-3H2,(H,14,17). The molecule has 1 heterocycles. The highest BCUT2D eigenvalue weighted by atomic mass is 32.1. The number of imidazole rings is 1. The van der Waals surface area contributed by atoms with Crippen molar-refractivity contribution in [3.63, 3.8) is 0 Å². The molecule has 3 rings (SSSR count). The molecular formula is C13H14N2OS. The first-order valence-corrected chi connectivity index (χ1v) is 6.24. The van der Waals surface area contributed by atoms with Gasteiger partial charge in [-0.05, 0) is 54.7 Å². The summed E-state index contributed by atoms with van der Waals surface area (Å²) >= 11 is 5.28. The zero-order valence-corrected chi connectivity index (χ0v) is 10.2. The van der Waals surface area contributed by atoms with Crippen LogP contribution in [0.3, 0.4) is 0 Å². The van der Waals surface area contributed by atoms with E-state index in [0.717, 1.165) is 24.0 Å². The quantitative estimate of drug-likeness (QED) is 0.759. The third kappa shape index (κ3) is 1.78. The van der Waals surface area contributed by atoms with Gasteiger partial charge in [0.25, 0.3) is 0 Å². The Balaban J connectivity index is 2.11. The van der Waals surface area contributed by atoms with Crippen molar-refractivity contribution in [2.24, 2.45) is 0 Å². The zero-order valence-electron chi connectivity index (χ0n) is 9.39. The largest absolute Gasteiger partial charge is 0.508 e. The van der Waals surface area contributed by atoms with Gasteiger partial charge in [-0.3, -0.25) is 0 Å². The average Bonchev–Trinajstić information content (AvgIpc) is 2.74. The number of H-pyrrole nitrogens is 1. The highest BCUT2D eigenvalue weighted by Gasteiger charge is 2.22. The molecule has 88 valence electrons. The smallest absolute Gasteiger partial charge is 0.177 e. The molecule has 17 heavy (non-hydrogen) atoms. The maximum atomic E-state index is 9.53. The van der Waals surface area contributed by atoms with Crippen molar-refractivity contribution in [3.8, 4) is 5.75 Å². The van der Waals surface area contributed by atoms with Gasteiger partial charge in [0.2, 0.25) is 0 Å². The predicted octanol–water partition coefficient (Wildman–Crippen LogP) is 3.18. The average molecular weight is 246 g/mol. The molecule has 1 aromatic carbocycles. The lowest BCUT2D eigenvalue weighted by molar-refractivity contribution is 0.462. The molecule has 1 atom stereocenters. The van der Waals surface area contributed by atoms with Gasteiger partial charge in [0.05, 0.1) is 6.04 Å². The molecule has 2 N–H and O–H groups in total. The number of fused-ring (bicyclic) bond motifs is 1. The van der Waals surface area contributed by atoms with Gasteiger partial charge in [-0.25, -0.2) is 0 Å². The molecule has 2 aromatic rings. The molecule has 0 amide bonds. The van der Waals surface area contributed by atoms with Crippen LogP contribution in [-0.4, -0.2) is 14.7 Å². The number of hydrogen-bond acceptors (Lipinski definition) is 2. The number of phenolic OH excluding ortho intramolecular Hbond substituents is 1. The molecule has 0 spiro atoms. The van der Waals surface area contributed by atoms with Crippen LogP contribution in [-0.2, 0) is 6.42 Å². The van der Waals surface area contributed by atoms with Gasteiger partial charge in [0.1, 0.15) is 5.75 Å². The molecule has 1 aliphatic rings. The first kappa shape index (κ1) is 10.6. The summed E-state index contributed by atoms with van der Waals surface area (Å²) in [5.41, 5.74) is 2.52. The summed E-state index contributed by atoms with van der Waals surface area (Å²) in [5, 5.41) is 9.53. The highest BCUT2D eigenvalue weighted by molar-refractivity contribution is 7.71. The first-order valence-electron chi connectivity index (χ1n) is 5.83. The second-order valence-corrected chi connectivity index (χ2v) is 4.85. The molecular weight excluding hydrogens is 232 g/mol. The van der Waals surface area contributed by atoms with Crippen molar-refractivity contribution in [3.05, 3.63) is 46.5 Å². The molecule has 0 fully saturated rings. The Morgan fingerprint density at radius 3 is 3.06 bits per heavy atom. The molecule has 4 heteroatoms. The van der Waals surface area contributed by atoms with Gasteiger partial charge >= 0.3 is 0 Å². The lowest BCUT2D eigenvalue weighted by Crippen LogP contribution is -2.16. The van der Waals surface area contributed by atoms with E-state index in [-0.39, 0.29) is 0 Å². The molecule has 1 unspecified atom stereocenters. The highest BCUT2D eigenvalue weighted by Crippen LogP contribution is 2.34.